The Balaban J connectivity index is 0.000000232. The van der Waals surface area contributed by atoms with Gasteiger partial charge in [-0.25, -0.2) is 4.79 Å². The molecule has 21 heteroatoms. The van der Waals surface area contributed by atoms with Gasteiger partial charge in [-0.3, -0.25) is 14.4 Å². The lowest BCUT2D eigenvalue weighted by Crippen LogP contribution is -2.62. The monoisotopic (exact) mass is 884 g/mol. The average Bonchev–Trinajstić information content (AvgIpc) is 3.26. The number of ether oxygens (including phenoxy) is 4. The average molecular weight is 885 g/mol. The van der Waals surface area contributed by atoms with Gasteiger partial charge in [0.05, 0.1) is 60.0 Å². The molecular weight excluding hydrogens is 836 g/mol. The van der Waals surface area contributed by atoms with E-state index in [2.05, 4.69) is 10.1 Å². The fourth-order valence-electron chi connectivity index (χ4n) is 6.05. The van der Waals surface area contributed by atoms with Crippen LogP contribution >= 0.6 is 0 Å². The van der Waals surface area contributed by atoms with Gasteiger partial charge in [0, 0.05) is 5.56 Å². The molecule has 0 bridgehead atoms. The first-order valence-corrected chi connectivity index (χ1v) is 18.9. The molecule has 14 N–H and O–H groups in total. The Hall–Kier alpha value is -6.08. The Morgan fingerprint density at radius 3 is 1.48 bits per heavy atom. The third-order valence-corrected chi connectivity index (χ3v) is 9.81. The van der Waals surface area contributed by atoms with E-state index in [0.717, 1.165) is 5.56 Å². The number of aromatic hydroxyl groups is 2. The Morgan fingerprint density at radius 2 is 1.05 bits per heavy atom. The zero-order valence-electron chi connectivity index (χ0n) is 33.1. The number of amides is 1. The molecule has 340 valence electrons. The van der Waals surface area contributed by atoms with Crippen molar-refractivity contribution < 1.29 is 94.3 Å². The van der Waals surface area contributed by atoms with Crippen molar-refractivity contribution in [2.45, 2.75) is 62.7 Å². The maximum absolute atomic E-state index is 12.5. The summed E-state index contributed by atoms with van der Waals surface area (Å²) in [7, 11) is 0. The van der Waals surface area contributed by atoms with Crippen molar-refractivity contribution in [2.75, 3.05) is 13.2 Å². The molecule has 2 aliphatic heterocycles. The van der Waals surface area contributed by atoms with Crippen LogP contribution < -0.4 is 20.5 Å². The van der Waals surface area contributed by atoms with Crippen molar-refractivity contribution in [3.63, 3.8) is 0 Å². The minimum absolute atomic E-state index is 0.0385. The fourth-order valence-corrected chi connectivity index (χ4v) is 6.05. The predicted octanol–water partition coefficient (Wildman–Crippen LogP) is -1.05. The topological polar surface area (TPSA) is 366 Å². The lowest BCUT2D eigenvalue weighted by Gasteiger charge is -2.40. The van der Waals surface area contributed by atoms with Crippen LogP contribution in [0.25, 0.3) is 0 Å². The number of aldehydes is 2. The number of carboxylic acids is 1. The minimum Gasteiger partial charge on any atom is -0.507 e. The standard InChI is InChI=1S/C21H23NO9.C15H12O5.C6H13NO5/c23-8-13-15(25)2-1-3-16(13)30-10-11-4-6-12(7-5-11)19(27)22-17-18(26)14(9-24)20(28)31-21(17)29;16-8-12-13(17)2-1-3-14(12)20-9-10-4-6-11(7-5-10)15(18)19;7-3-4(9)2(1-8)5(10)12-6(3)11/h1-8,14,17-18,20-21,24-26,28-29H,9-10H2,(H,22,27);1-8,17H,9H2,(H,18,19);2-6,8-11H,1,7H2. The summed E-state index contributed by atoms with van der Waals surface area (Å²) in [5, 5.41) is 105. The molecule has 4 aromatic rings. The molecule has 4 aromatic carbocycles. The summed E-state index contributed by atoms with van der Waals surface area (Å²) in [5.74, 6) is -3.37. The molecule has 0 spiro atoms. The highest BCUT2D eigenvalue weighted by Crippen LogP contribution is 2.28. The van der Waals surface area contributed by atoms with Crippen LogP contribution in [0.2, 0.25) is 0 Å². The van der Waals surface area contributed by atoms with Crippen LogP contribution in [0, 0.1) is 11.8 Å². The van der Waals surface area contributed by atoms with Crippen molar-refractivity contribution in [1.82, 2.24) is 5.32 Å². The number of nitrogens with one attached hydrogen (secondary N) is 1. The summed E-state index contributed by atoms with van der Waals surface area (Å²) in [5.41, 5.74) is 7.29. The zero-order chi connectivity index (χ0) is 46.4. The van der Waals surface area contributed by atoms with E-state index in [9.17, 15) is 54.9 Å². The molecule has 2 aliphatic rings. The predicted molar refractivity (Wildman–Crippen MR) is 214 cm³/mol. The summed E-state index contributed by atoms with van der Waals surface area (Å²) >= 11 is 0. The summed E-state index contributed by atoms with van der Waals surface area (Å²) < 4.78 is 20.4. The molecule has 0 aliphatic carbocycles. The SMILES string of the molecule is NC1C(O)OC(O)C(CO)C1O.O=Cc1c(O)cccc1OCc1ccc(C(=O)NC2C(O)OC(O)C(CO)C2O)cc1.O=Cc1c(O)cccc1OCc1ccc(C(=O)O)cc1. The maximum atomic E-state index is 12.5. The zero-order valence-corrected chi connectivity index (χ0v) is 33.1. The number of hydrogen-bond donors (Lipinski definition) is 13. The Kier molecular flexibility index (Phi) is 18.4. The van der Waals surface area contributed by atoms with Crippen LogP contribution in [0.1, 0.15) is 52.6 Å². The Labute approximate surface area is 358 Å². The summed E-state index contributed by atoms with van der Waals surface area (Å²) in [6.45, 7) is -0.787. The molecule has 2 fully saturated rings. The molecule has 1 amide bonds. The number of carbonyl (C=O) groups excluding carboxylic acids is 3. The molecule has 0 radical (unpaired) electrons. The maximum Gasteiger partial charge on any atom is 0.335 e. The van der Waals surface area contributed by atoms with Crippen LogP contribution in [-0.4, -0.2) is 143 Å². The third-order valence-electron chi connectivity index (χ3n) is 9.81. The quantitative estimate of drug-likeness (QED) is 0.0712. The van der Waals surface area contributed by atoms with Crippen LogP contribution in [0.15, 0.2) is 84.9 Å². The Bertz CT molecular complexity index is 2120. The van der Waals surface area contributed by atoms with Crippen LogP contribution in [0.3, 0.4) is 0 Å². The van der Waals surface area contributed by atoms with E-state index in [0.29, 0.717) is 18.1 Å². The number of nitrogens with two attached hydrogens (primary N) is 1. The molecule has 2 saturated heterocycles. The smallest absolute Gasteiger partial charge is 0.335 e. The van der Waals surface area contributed by atoms with Gasteiger partial charge in [-0.2, -0.15) is 0 Å². The molecule has 21 nitrogen and oxygen atoms in total. The number of benzene rings is 4. The second-order valence-corrected chi connectivity index (χ2v) is 14.0. The highest BCUT2D eigenvalue weighted by Gasteiger charge is 2.44. The Morgan fingerprint density at radius 1 is 0.619 bits per heavy atom. The van der Waals surface area contributed by atoms with E-state index < -0.39 is 86.4 Å². The van der Waals surface area contributed by atoms with E-state index in [1.54, 1.807) is 48.5 Å². The van der Waals surface area contributed by atoms with Gasteiger partial charge in [-0.05, 0) is 59.7 Å². The number of aromatic carboxylic acids is 1. The molecule has 0 saturated carbocycles. The third kappa shape index (κ3) is 13.0. The molecule has 63 heavy (non-hydrogen) atoms. The lowest BCUT2D eigenvalue weighted by atomic mass is 9.92. The fraction of sp³-hybridized carbons (Fsp3) is 0.333. The molecular formula is C42H48N2O19. The summed E-state index contributed by atoms with van der Waals surface area (Å²) in [6.07, 6.45) is -7.54. The number of hydrogen-bond acceptors (Lipinski definition) is 19. The van der Waals surface area contributed by atoms with Crippen molar-refractivity contribution in [3.8, 4) is 23.0 Å². The van der Waals surface area contributed by atoms with Crippen molar-refractivity contribution in [3.05, 3.63) is 118 Å². The lowest BCUT2D eigenvalue weighted by molar-refractivity contribution is -0.293. The number of carboxylic acid groups (broad SMARTS) is 1. The van der Waals surface area contributed by atoms with E-state index in [4.69, 9.17) is 40.4 Å². The highest BCUT2D eigenvalue weighted by atomic mass is 16.7. The van der Waals surface area contributed by atoms with Crippen molar-refractivity contribution >= 4 is 24.4 Å². The largest absolute Gasteiger partial charge is 0.507 e. The first kappa shape index (κ1) is 49.6. The highest BCUT2D eigenvalue weighted by molar-refractivity contribution is 5.94. The van der Waals surface area contributed by atoms with Crippen LogP contribution in [0.4, 0.5) is 0 Å². The van der Waals surface area contributed by atoms with Gasteiger partial charge in [0.2, 0.25) is 0 Å². The van der Waals surface area contributed by atoms with Gasteiger partial charge in [-0.15, -0.1) is 0 Å². The van der Waals surface area contributed by atoms with E-state index >= 15 is 0 Å². The van der Waals surface area contributed by atoms with Crippen molar-refractivity contribution in [2.24, 2.45) is 17.6 Å². The van der Waals surface area contributed by atoms with Gasteiger partial charge < -0.3 is 86.2 Å². The number of aliphatic hydroxyl groups excluding tert-OH is 8. The molecule has 10 atom stereocenters. The number of aliphatic hydroxyl groups is 8. The molecule has 2 heterocycles. The number of phenolic OH excluding ortho intramolecular Hbond substituents is 2. The molecule has 6 rings (SSSR count). The minimum atomic E-state index is -1.65. The van der Waals surface area contributed by atoms with Crippen molar-refractivity contribution in [1.29, 1.82) is 0 Å². The van der Waals surface area contributed by atoms with Crippen LogP contribution in [-0.2, 0) is 22.7 Å². The summed E-state index contributed by atoms with van der Waals surface area (Å²) in [6, 6.07) is 19.2. The van der Waals surface area contributed by atoms with Gasteiger partial charge in [0.15, 0.2) is 37.7 Å². The molecule has 0 aromatic heterocycles. The van der Waals surface area contributed by atoms with E-state index in [1.165, 1.54) is 36.4 Å². The number of phenols is 2. The van der Waals surface area contributed by atoms with Gasteiger partial charge in [0.1, 0.15) is 42.3 Å². The second-order valence-electron chi connectivity index (χ2n) is 14.0. The first-order chi connectivity index (χ1) is 30.0. The number of rotatable bonds is 13. The first-order valence-electron chi connectivity index (χ1n) is 18.9. The molecule has 10 unspecified atom stereocenters. The number of carbonyl (C=O) groups is 4. The van der Waals surface area contributed by atoms with Gasteiger partial charge in [-0.1, -0.05) is 36.4 Å². The van der Waals surface area contributed by atoms with Crippen LogP contribution in [0.5, 0.6) is 23.0 Å². The summed E-state index contributed by atoms with van der Waals surface area (Å²) in [4.78, 5) is 45.2. The van der Waals surface area contributed by atoms with E-state index in [-0.39, 0.29) is 58.5 Å². The normalized spacial score (nSPS) is 25.2. The van der Waals surface area contributed by atoms with E-state index in [1.807, 2.05) is 0 Å². The van der Waals surface area contributed by atoms with Gasteiger partial charge >= 0.3 is 5.97 Å². The van der Waals surface area contributed by atoms with Gasteiger partial charge in [0.25, 0.3) is 5.91 Å². The second kappa shape index (κ2) is 23.4.